The van der Waals surface area contributed by atoms with Gasteiger partial charge in [0.2, 0.25) is 15.7 Å². The molecule has 1 aromatic carbocycles. The first-order valence-electron chi connectivity index (χ1n) is 10.1. The summed E-state index contributed by atoms with van der Waals surface area (Å²) in [5.41, 5.74) is 6.36. The highest BCUT2D eigenvalue weighted by Crippen LogP contribution is 2.29. The molecule has 0 aliphatic heterocycles. The Morgan fingerprint density at radius 2 is 1.79 bits per heavy atom. The first-order valence-corrected chi connectivity index (χ1v) is 11.5. The molecule has 0 aliphatic carbocycles. The number of carbonyl (C=O) groups is 2. The zero-order valence-electron chi connectivity index (χ0n) is 18.5. The standard InChI is InChI=1S/C21H24N4O7S/c1-5-30-21(27)16-12(4)32-19-17(16)18(22)23-15(24-19)10-31-20(26)13-6-8-14(9-7-13)33(28,29)25-11(2)3/h6-9,11,25H,5,10H2,1-4H3,(H2,22,23,24). The zero-order valence-corrected chi connectivity index (χ0v) is 19.4. The number of nitrogen functional groups attached to an aromatic ring is 1. The smallest absolute Gasteiger partial charge is 0.342 e. The second kappa shape index (κ2) is 9.55. The average molecular weight is 477 g/mol. The third-order valence-electron chi connectivity index (χ3n) is 4.41. The summed E-state index contributed by atoms with van der Waals surface area (Å²) < 4.78 is 42.6. The van der Waals surface area contributed by atoms with E-state index in [0.717, 1.165) is 0 Å². The molecule has 0 atom stereocenters. The van der Waals surface area contributed by atoms with E-state index in [2.05, 4.69) is 14.7 Å². The van der Waals surface area contributed by atoms with Crippen LogP contribution in [-0.2, 0) is 26.1 Å². The number of furan rings is 1. The summed E-state index contributed by atoms with van der Waals surface area (Å²) >= 11 is 0. The Kier molecular flexibility index (Phi) is 6.98. The maximum absolute atomic E-state index is 12.4. The number of anilines is 1. The number of nitrogens with zero attached hydrogens (tertiary/aromatic N) is 2. The van der Waals surface area contributed by atoms with E-state index in [0.29, 0.717) is 0 Å². The molecule has 33 heavy (non-hydrogen) atoms. The normalized spacial score (nSPS) is 11.7. The number of fused-ring (bicyclic) bond motifs is 1. The maximum atomic E-state index is 12.4. The number of carbonyl (C=O) groups excluding carboxylic acids is 2. The average Bonchev–Trinajstić information content (AvgIpc) is 3.07. The van der Waals surface area contributed by atoms with E-state index >= 15 is 0 Å². The Morgan fingerprint density at radius 1 is 1.12 bits per heavy atom. The van der Waals surface area contributed by atoms with Crippen LogP contribution in [0.25, 0.3) is 11.1 Å². The molecule has 0 saturated carbocycles. The van der Waals surface area contributed by atoms with Gasteiger partial charge in [0.25, 0.3) is 0 Å². The lowest BCUT2D eigenvalue weighted by molar-refractivity contribution is 0.0461. The maximum Gasteiger partial charge on any atom is 0.342 e. The summed E-state index contributed by atoms with van der Waals surface area (Å²) in [7, 11) is -3.67. The highest BCUT2D eigenvalue weighted by Gasteiger charge is 2.24. The molecule has 0 bridgehead atoms. The lowest BCUT2D eigenvalue weighted by Gasteiger charge is -2.10. The van der Waals surface area contributed by atoms with Gasteiger partial charge in [-0.05, 0) is 52.0 Å². The third kappa shape index (κ3) is 5.29. The molecule has 0 unspecified atom stereocenters. The number of ether oxygens (including phenoxy) is 2. The van der Waals surface area contributed by atoms with Crippen LogP contribution in [0, 0.1) is 6.92 Å². The molecule has 0 radical (unpaired) electrons. The van der Waals surface area contributed by atoms with Crippen molar-refractivity contribution in [2.24, 2.45) is 0 Å². The van der Waals surface area contributed by atoms with E-state index in [1.54, 1.807) is 27.7 Å². The van der Waals surface area contributed by atoms with Gasteiger partial charge < -0.3 is 19.6 Å². The molecule has 0 saturated heterocycles. The summed E-state index contributed by atoms with van der Waals surface area (Å²) in [6, 6.07) is 5.04. The molecule has 0 fully saturated rings. The van der Waals surface area contributed by atoms with Crippen LogP contribution in [0.2, 0.25) is 0 Å². The second-order valence-corrected chi connectivity index (χ2v) is 9.05. The zero-order chi connectivity index (χ0) is 24.3. The number of hydrogen-bond acceptors (Lipinski definition) is 10. The van der Waals surface area contributed by atoms with Gasteiger partial charge in [-0.1, -0.05) is 0 Å². The van der Waals surface area contributed by atoms with Crippen LogP contribution in [0.15, 0.2) is 33.6 Å². The van der Waals surface area contributed by atoms with Crippen LogP contribution < -0.4 is 10.5 Å². The van der Waals surface area contributed by atoms with Crippen molar-refractivity contribution in [2.75, 3.05) is 12.3 Å². The van der Waals surface area contributed by atoms with E-state index in [4.69, 9.17) is 19.6 Å². The van der Waals surface area contributed by atoms with Crippen LogP contribution >= 0.6 is 0 Å². The van der Waals surface area contributed by atoms with E-state index < -0.39 is 22.0 Å². The van der Waals surface area contributed by atoms with Gasteiger partial charge in [-0.2, -0.15) is 4.98 Å². The Bertz CT molecular complexity index is 1300. The molecule has 3 N–H and O–H groups in total. The minimum Gasteiger partial charge on any atom is -0.462 e. The first-order chi connectivity index (χ1) is 15.5. The molecule has 3 aromatic rings. The predicted octanol–water partition coefficient (Wildman–Crippen LogP) is 2.33. The molecule has 2 aromatic heterocycles. The van der Waals surface area contributed by atoms with Crippen molar-refractivity contribution < 1.29 is 31.9 Å². The van der Waals surface area contributed by atoms with Gasteiger partial charge in [0.05, 0.1) is 22.5 Å². The molecule has 3 rings (SSSR count). The number of aryl methyl sites for hydroxylation is 1. The molecule has 176 valence electrons. The second-order valence-electron chi connectivity index (χ2n) is 7.34. The lowest BCUT2D eigenvalue weighted by Crippen LogP contribution is -2.30. The van der Waals surface area contributed by atoms with E-state index in [1.807, 2.05) is 0 Å². The molecular weight excluding hydrogens is 452 g/mol. The fourth-order valence-electron chi connectivity index (χ4n) is 3.06. The largest absolute Gasteiger partial charge is 0.462 e. The summed E-state index contributed by atoms with van der Waals surface area (Å²) in [5, 5.41) is 0.229. The van der Waals surface area contributed by atoms with Crippen molar-refractivity contribution in [3.8, 4) is 0 Å². The van der Waals surface area contributed by atoms with Gasteiger partial charge in [-0.15, -0.1) is 0 Å². The van der Waals surface area contributed by atoms with Crippen molar-refractivity contribution in [2.45, 2.75) is 45.2 Å². The Hall–Kier alpha value is -3.51. The first kappa shape index (κ1) is 24.1. The Morgan fingerprint density at radius 3 is 2.39 bits per heavy atom. The number of nitrogens with one attached hydrogen (secondary N) is 1. The number of hydrogen-bond donors (Lipinski definition) is 2. The van der Waals surface area contributed by atoms with Gasteiger partial charge in [0.1, 0.15) is 17.1 Å². The van der Waals surface area contributed by atoms with Crippen LogP contribution in [-0.4, -0.2) is 43.0 Å². The van der Waals surface area contributed by atoms with Crippen molar-refractivity contribution in [1.82, 2.24) is 14.7 Å². The molecule has 2 heterocycles. The van der Waals surface area contributed by atoms with E-state index in [9.17, 15) is 18.0 Å². The number of aromatic nitrogens is 2. The number of benzene rings is 1. The van der Waals surface area contributed by atoms with Gasteiger partial charge in [-0.25, -0.2) is 27.7 Å². The molecular formula is C21H24N4O7S. The van der Waals surface area contributed by atoms with Crippen molar-refractivity contribution in [3.05, 3.63) is 47.0 Å². The van der Waals surface area contributed by atoms with Gasteiger partial charge in [-0.3, -0.25) is 0 Å². The topological polar surface area (TPSA) is 164 Å². The number of rotatable bonds is 8. The molecule has 0 aliphatic rings. The minimum absolute atomic E-state index is 0.0156. The predicted molar refractivity (Wildman–Crippen MR) is 118 cm³/mol. The highest BCUT2D eigenvalue weighted by atomic mass is 32.2. The lowest BCUT2D eigenvalue weighted by atomic mass is 10.2. The van der Waals surface area contributed by atoms with Crippen LogP contribution in [0.3, 0.4) is 0 Å². The molecule has 0 amide bonds. The van der Waals surface area contributed by atoms with Crippen molar-refractivity contribution in [1.29, 1.82) is 0 Å². The quantitative estimate of drug-likeness (QED) is 0.461. The fraction of sp³-hybridized carbons (Fsp3) is 0.333. The van der Waals surface area contributed by atoms with E-state index in [-0.39, 0.29) is 63.8 Å². The van der Waals surface area contributed by atoms with Crippen molar-refractivity contribution in [3.63, 3.8) is 0 Å². The summed E-state index contributed by atoms with van der Waals surface area (Å²) in [6.07, 6.45) is 0. The molecule has 12 heteroatoms. The minimum atomic E-state index is -3.67. The number of sulfonamides is 1. The third-order valence-corrected chi connectivity index (χ3v) is 6.08. The SMILES string of the molecule is CCOC(=O)c1c(C)oc2nc(COC(=O)c3ccc(S(=O)(=O)NC(C)C)cc3)nc(N)c12. The summed E-state index contributed by atoms with van der Waals surface area (Å²) in [6.45, 7) is 6.53. The summed E-state index contributed by atoms with van der Waals surface area (Å²) in [4.78, 5) is 32.8. The molecule has 0 spiro atoms. The number of esters is 2. The van der Waals surface area contributed by atoms with Gasteiger partial charge in [0.15, 0.2) is 12.4 Å². The Balaban J connectivity index is 1.75. The van der Waals surface area contributed by atoms with Crippen molar-refractivity contribution >= 4 is 38.9 Å². The molecule has 11 nitrogen and oxygen atoms in total. The van der Waals surface area contributed by atoms with E-state index in [1.165, 1.54) is 24.3 Å². The van der Waals surface area contributed by atoms with Crippen LogP contribution in [0.5, 0.6) is 0 Å². The fourth-order valence-corrected chi connectivity index (χ4v) is 4.31. The Labute approximate surface area is 190 Å². The van der Waals surface area contributed by atoms with Crippen LogP contribution in [0.1, 0.15) is 53.1 Å². The van der Waals surface area contributed by atoms with Gasteiger partial charge >= 0.3 is 11.9 Å². The number of nitrogens with two attached hydrogens (primary N) is 1. The highest BCUT2D eigenvalue weighted by molar-refractivity contribution is 7.89. The summed E-state index contributed by atoms with van der Waals surface area (Å²) in [5.74, 6) is -0.977. The monoisotopic (exact) mass is 476 g/mol. The van der Waals surface area contributed by atoms with Crippen LogP contribution in [0.4, 0.5) is 5.82 Å². The van der Waals surface area contributed by atoms with Gasteiger partial charge in [0, 0.05) is 6.04 Å².